The maximum absolute atomic E-state index is 13.2. The molecule has 1 aliphatic rings. The molecule has 29 heavy (non-hydrogen) atoms. The van der Waals surface area contributed by atoms with Gasteiger partial charge < -0.3 is 10.2 Å². The Morgan fingerprint density at radius 3 is 2.34 bits per heavy atom. The lowest BCUT2D eigenvalue weighted by atomic mass is 10.1. The smallest absolute Gasteiger partial charge is 0.370 e. The minimum absolute atomic E-state index is 0.0180. The van der Waals surface area contributed by atoms with Gasteiger partial charge in [0.25, 0.3) is 5.91 Å². The number of rotatable bonds is 4. The van der Waals surface area contributed by atoms with E-state index in [1.165, 1.54) is 25.1 Å². The number of carbonyl (C=O) groups is 1. The van der Waals surface area contributed by atoms with Crippen LogP contribution in [0.1, 0.15) is 34.3 Å². The van der Waals surface area contributed by atoms with Crippen molar-refractivity contribution < 1.29 is 26.4 Å². The molecule has 0 unspecified atom stereocenters. The minimum atomic E-state index is -4.56. The van der Waals surface area contributed by atoms with Crippen LogP contribution in [0.5, 0.6) is 0 Å². The second-order valence-corrected chi connectivity index (χ2v) is 8.43. The summed E-state index contributed by atoms with van der Waals surface area (Å²) in [5, 5.41) is 7.66. The number of hydrogen-bond donors (Lipinski definition) is 2. The van der Waals surface area contributed by atoms with Gasteiger partial charge in [-0.25, -0.2) is 13.6 Å². The van der Waals surface area contributed by atoms with Crippen LogP contribution in [0.25, 0.3) is 0 Å². The molecule has 3 N–H and O–H groups in total. The van der Waals surface area contributed by atoms with Gasteiger partial charge >= 0.3 is 6.18 Å². The van der Waals surface area contributed by atoms with Crippen molar-refractivity contribution >= 4 is 27.3 Å². The van der Waals surface area contributed by atoms with Gasteiger partial charge in [-0.15, -0.1) is 0 Å². The Hall–Kier alpha value is -2.59. The number of primary sulfonamides is 1. The van der Waals surface area contributed by atoms with Gasteiger partial charge in [-0.3, -0.25) is 4.79 Å². The first-order valence-corrected chi connectivity index (χ1v) is 10.4. The van der Waals surface area contributed by atoms with E-state index in [-0.39, 0.29) is 16.1 Å². The Labute approximate surface area is 166 Å². The molecule has 1 amide bonds. The molecule has 1 saturated heterocycles. The molecule has 0 atom stereocenters. The number of hydrogen-bond acceptors (Lipinski definition) is 4. The first kappa shape index (κ1) is 21.1. The third kappa shape index (κ3) is 4.70. The Bertz CT molecular complexity index is 1050. The third-order valence-electron chi connectivity index (χ3n) is 4.78. The van der Waals surface area contributed by atoms with E-state index in [0.717, 1.165) is 31.0 Å². The van der Waals surface area contributed by atoms with Gasteiger partial charge in [0.1, 0.15) is 0 Å². The van der Waals surface area contributed by atoms with Gasteiger partial charge in [-0.2, -0.15) is 13.2 Å². The van der Waals surface area contributed by atoms with E-state index in [0.29, 0.717) is 24.3 Å². The lowest BCUT2D eigenvalue weighted by Gasteiger charge is -2.23. The minimum Gasteiger partial charge on any atom is -0.370 e. The highest BCUT2D eigenvalue weighted by Gasteiger charge is 2.32. The summed E-state index contributed by atoms with van der Waals surface area (Å²) >= 11 is 0. The number of amides is 1. The first-order chi connectivity index (χ1) is 13.5. The summed E-state index contributed by atoms with van der Waals surface area (Å²) in [7, 11) is -4.05. The molecule has 0 saturated carbocycles. The number of aryl methyl sites for hydroxylation is 1. The Morgan fingerprint density at radius 2 is 1.76 bits per heavy atom. The highest BCUT2D eigenvalue weighted by Crippen LogP contribution is 2.36. The van der Waals surface area contributed by atoms with Gasteiger partial charge in [0.05, 0.1) is 21.8 Å². The van der Waals surface area contributed by atoms with Gasteiger partial charge in [0.2, 0.25) is 10.0 Å². The summed E-state index contributed by atoms with van der Waals surface area (Å²) < 4.78 is 62.8. The van der Waals surface area contributed by atoms with E-state index in [1.807, 2.05) is 4.90 Å². The van der Waals surface area contributed by atoms with Crippen molar-refractivity contribution in [3.8, 4) is 0 Å². The van der Waals surface area contributed by atoms with Crippen LogP contribution < -0.4 is 15.4 Å². The molecule has 10 heteroatoms. The summed E-state index contributed by atoms with van der Waals surface area (Å²) in [6, 6.07) is 7.14. The van der Waals surface area contributed by atoms with Crippen LogP contribution >= 0.6 is 0 Å². The number of sulfonamides is 1. The van der Waals surface area contributed by atoms with Crippen LogP contribution in [0.2, 0.25) is 0 Å². The number of benzene rings is 2. The van der Waals surface area contributed by atoms with Crippen molar-refractivity contribution in [3.05, 3.63) is 53.1 Å². The normalized spacial score (nSPS) is 14.9. The van der Waals surface area contributed by atoms with Crippen molar-refractivity contribution in [1.29, 1.82) is 0 Å². The molecule has 0 radical (unpaired) electrons. The van der Waals surface area contributed by atoms with E-state index in [9.17, 15) is 26.4 Å². The average molecular weight is 427 g/mol. The predicted octanol–water partition coefficient (Wildman–Crippen LogP) is 3.51. The molecule has 1 aliphatic heterocycles. The summed E-state index contributed by atoms with van der Waals surface area (Å²) in [5.41, 5.74) is -0.0396. The van der Waals surface area contributed by atoms with Crippen LogP contribution in [-0.2, 0) is 16.2 Å². The molecule has 3 rings (SSSR count). The molecular weight excluding hydrogens is 407 g/mol. The van der Waals surface area contributed by atoms with Crippen LogP contribution in [0, 0.1) is 6.92 Å². The number of nitrogens with one attached hydrogen (secondary N) is 1. The molecule has 156 valence electrons. The fourth-order valence-corrected chi connectivity index (χ4v) is 4.10. The van der Waals surface area contributed by atoms with Crippen molar-refractivity contribution in [2.45, 2.75) is 30.8 Å². The number of alkyl halides is 3. The van der Waals surface area contributed by atoms with Crippen molar-refractivity contribution in [1.82, 2.24) is 0 Å². The zero-order chi connectivity index (χ0) is 21.4. The second-order valence-electron chi connectivity index (χ2n) is 6.90. The molecular formula is C19H20F3N3O3S. The van der Waals surface area contributed by atoms with E-state index in [1.54, 1.807) is 0 Å². The predicted molar refractivity (Wildman–Crippen MR) is 103 cm³/mol. The van der Waals surface area contributed by atoms with E-state index < -0.39 is 27.7 Å². The van der Waals surface area contributed by atoms with Crippen molar-refractivity contribution in [3.63, 3.8) is 0 Å². The van der Waals surface area contributed by atoms with Crippen LogP contribution in [0.3, 0.4) is 0 Å². The summed E-state index contributed by atoms with van der Waals surface area (Å²) in [5.74, 6) is -0.727. The third-order valence-corrected chi connectivity index (χ3v) is 5.83. The second kappa shape index (κ2) is 7.68. The van der Waals surface area contributed by atoms with Gasteiger partial charge in [0.15, 0.2) is 0 Å². The molecule has 1 fully saturated rings. The maximum atomic E-state index is 13.2. The maximum Gasteiger partial charge on any atom is 0.416 e. The van der Waals surface area contributed by atoms with Crippen LogP contribution in [0.15, 0.2) is 41.3 Å². The Morgan fingerprint density at radius 1 is 1.10 bits per heavy atom. The SMILES string of the molecule is Cc1ccc(C(=O)Nc2cc(C(F)(F)F)ccc2N2CCCC2)cc1S(N)(=O)=O. The number of anilines is 2. The zero-order valence-corrected chi connectivity index (χ0v) is 16.4. The van der Waals surface area contributed by atoms with Crippen molar-refractivity contribution in [2.75, 3.05) is 23.3 Å². The summed E-state index contributed by atoms with van der Waals surface area (Å²) in [4.78, 5) is 14.4. The Kier molecular flexibility index (Phi) is 5.59. The zero-order valence-electron chi connectivity index (χ0n) is 15.6. The van der Waals surface area contributed by atoms with Gasteiger partial charge in [-0.05, 0) is 55.7 Å². The lowest BCUT2D eigenvalue weighted by Crippen LogP contribution is -2.22. The van der Waals surface area contributed by atoms with E-state index in [2.05, 4.69) is 5.32 Å². The van der Waals surface area contributed by atoms with E-state index >= 15 is 0 Å². The Balaban J connectivity index is 1.99. The van der Waals surface area contributed by atoms with Crippen LogP contribution in [0.4, 0.5) is 24.5 Å². The molecule has 6 nitrogen and oxygen atoms in total. The van der Waals surface area contributed by atoms with Gasteiger partial charge in [0, 0.05) is 18.7 Å². The molecule has 0 aromatic heterocycles. The highest BCUT2D eigenvalue weighted by atomic mass is 32.2. The largest absolute Gasteiger partial charge is 0.416 e. The molecule has 0 aliphatic carbocycles. The van der Waals surface area contributed by atoms with Crippen LogP contribution in [-0.4, -0.2) is 27.4 Å². The summed E-state index contributed by atoms with van der Waals surface area (Å²) in [6.45, 7) is 2.88. The fraction of sp³-hybridized carbons (Fsp3) is 0.316. The van der Waals surface area contributed by atoms with E-state index in [4.69, 9.17) is 5.14 Å². The fourth-order valence-electron chi connectivity index (χ4n) is 3.29. The highest BCUT2D eigenvalue weighted by molar-refractivity contribution is 7.89. The molecule has 2 aromatic rings. The average Bonchev–Trinajstić information content (AvgIpc) is 3.14. The quantitative estimate of drug-likeness (QED) is 0.781. The standard InChI is InChI=1S/C19H20F3N3O3S/c1-12-4-5-13(10-17(12)29(23,27)28)18(26)24-15-11-14(19(20,21)22)6-7-16(15)25-8-2-3-9-25/h4-7,10-11H,2-3,8-9H2,1H3,(H,24,26)(H2,23,27,28). The lowest BCUT2D eigenvalue weighted by molar-refractivity contribution is -0.137. The number of nitrogens with zero attached hydrogens (tertiary/aromatic N) is 1. The topological polar surface area (TPSA) is 92.5 Å². The molecule has 0 bridgehead atoms. The van der Waals surface area contributed by atoms with Gasteiger partial charge in [-0.1, -0.05) is 6.07 Å². The first-order valence-electron chi connectivity index (χ1n) is 8.88. The molecule has 1 heterocycles. The van der Waals surface area contributed by atoms with Crippen molar-refractivity contribution in [2.24, 2.45) is 5.14 Å². The number of nitrogens with two attached hydrogens (primary N) is 1. The monoisotopic (exact) mass is 427 g/mol. The number of halogens is 3. The number of carbonyl (C=O) groups excluding carboxylic acids is 1. The summed E-state index contributed by atoms with van der Waals surface area (Å²) in [6.07, 6.45) is -2.75. The molecule has 2 aromatic carbocycles. The molecule has 0 spiro atoms.